The van der Waals surface area contributed by atoms with E-state index in [1.807, 2.05) is 19.0 Å². The molecule has 0 aliphatic heterocycles. The van der Waals surface area contributed by atoms with Crippen LogP contribution in [0.15, 0.2) is 12.1 Å². The van der Waals surface area contributed by atoms with Crippen molar-refractivity contribution in [3.63, 3.8) is 0 Å². The lowest BCUT2D eigenvalue weighted by atomic mass is 10.1. The topological polar surface area (TPSA) is 92.7 Å². The first kappa shape index (κ1) is 16.2. The number of likely N-dealkylation sites (N-methyl/N-ethyl adjacent to an activating group) is 2. The van der Waals surface area contributed by atoms with Crippen LogP contribution in [0.3, 0.4) is 0 Å². The molecule has 7 nitrogen and oxygen atoms in total. The van der Waals surface area contributed by atoms with Crippen molar-refractivity contribution in [2.45, 2.75) is 0 Å². The highest BCUT2D eigenvalue weighted by molar-refractivity contribution is 6.34. The van der Waals surface area contributed by atoms with Gasteiger partial charge in [-0.3, -0.25) is 14.9 Å². The summed E-state index contributed by atoms with van der Waals surface area (Å²) in [4.78, 5) is 25.8. The van der Waals surface area contributed by atoms with Crippen LogP contribution in [0.4, 0.5) is 11.4 Å². The van der Waals surface area contributed by atoms with E-state index < -0.39 is 10.8 Å². The molecular formula is C12H17ClN4O3. The minimum Gasteiger partial charge on any atom is -0.397 e. The lowest BCUT2D eigenvalue weighted by molar-refractivity contribution is -0.384. The molecular weight excluding hydrogens is 284 g/mol. The summed E-state index contributed by atoms with van der Waals surface area (Å²) < 4.78 is 0. The zero-order valence-electron chi connectivity index (χ0n) is 11.6. The summed E-state index contributed by atoms with van der Waals surface area (Å²) in [5.74, 6) is -0.394. The maximum Gasteiger partial charge on any atom is 0.271 e. The van der Waals surface area contributed by atoms with Crippen molar-refractivity contribution in [1.29, 1.82) is 0 Å². The third-order valence-corrected chi connectivity index (χ3v) is 3.10. The first-order valence-electron chi connectivity index (χ1n) is 5.87. The molecule has 0 atom stereocenters. The second kappa shape index (κ2) is 6.53. The summed E-state index contributed by atoms with van der Waals surface area (Å²) in [7, 11) is 5.38. The van der Waals surface area contributed by atoms with E-state index in [4.69, 9.17) is 17.3 Å². The summed E-state index contributed by atoms with van der Waals surface area (Å²) in [5, 5.41) is 10.8. The Labute approximate surface area is 122 Å². The maximum atomic E-state index is 12.3. The number of nitro benzene ring substituents is 1. The molecule has 0 saturated carbocycles. The Kier molecular flexibility index (Phi) is 5.29. The van der Waals surface area contributed by atoms with Gasteiger partial charge in [-0.05, 0) is 14.1 Å². The fourth-order valence-electron chi connectivity index (χ4n) is 1.54. The summed E-state index contributed by atoms with van der Waals surface area (Å²) in [5.41, 5.74) is 5.58. The Balaban J connectivity index is 3.05. The SMILES string of the molecule is CN(C)CCN(C)C(=O)c1cc([N+](=O)[O-])cc(Cl)c1N. The lowest BCUT2D eigenvalue weighted by Gasteiger charge is -2.20. The number of hydrogen-bond acceptors (Lipinski definition) is 5. The van der Waals surface area contributed by atoms with Gasteiger partial charge in [0.2, 0.25) is 0 Å². The predicted octanol–water partition coefficient (Wildman–Crippen LogP) is 1.46. The summed E-state index contributed by atoms with van der Waals surface area (Å²) in [6.45, 7) is 1.15. The molecule has 1 aromatic rings. The highest BCUT2D eigenvalue weighted by Gasteiger charge is 2.21. The average molecular weight is 301 g/mol. The normalized spacial score (nSPS) is 10.7. The van der Waals surface area contributed by atoms with Gasteiger partial charge in [-0.1, -0.05) is 11.6 Å². The van der Waals surface area contributed by atoms with Crippen molar-refractivity contribution < 1.29 is 9.72 Å². The minimum atomic E-state index is -0.609. The van der Waals surface area contributed by atoms with Crippen molar-refractivity contribution >= 4 is 28.9 Å². The molecule has 1 aromatic carbocycles. The number of rotatable bonds is 5. The summed E-state index contributed by atoms with van der Waals surface area (Å²) in [6.07, 6.45) is 0. The molecule has 0 unspecified atom stereocenters. The molecule has 1 rings (SSSR count). The number of carbonyl (C=O) groups is 1. The van der Waals surface area contributed by atoms with E-state index in [2.05, 4.69) is 0 Å². The molecule has 0 spiro atoms. The molecule has 0 saturated heterocycles. The minimum absolute atomic E-state index is 0.00330. The number of nitrogens with two attached hydrogens (primary N) is 1. The van der Waals surface area contributed by atoms with Crippen LogP contribution in [0.5, 0.6) is 0 Å². The lowest BCUT2D eigenvalue weighted by Crippen LogP contribution is -2.33. The van der Waals surface area contributed by atoms with Crippen molar-refractivity contribution in [3.05, 3.63) is 32.8 Å². The molecule has 0 heterocycles. The van der Waals surface area contributed by atoms with E-state index in [0.717, 1.165) is 12.1 Å². The molecule has 110 valence electrons. The van der Waals surface area contributed by atoms with Gasteiger partial charge < -0.3 is 15.5 Å². The van der Waals surface area contributed by atoms with Crippen LogP contribution >= 0.6 is 11.6 Å². The third-order valence-electron chi connectivity index (χ3n) is 2.78. The van der Waals surface area contributed by atoms with Crippen LogP contribution in [-0.2, 0) is 0 Å². The van der Waals surface area contributed by atoms with E-state index in [-0.39, 0.29) is 22.0 Å². The highest BCUT2D eigenvalue weighted by atomic mass is 35.5. The number of amides is 1. The molecule has 0 radical (unpaired) electrons. The first-order valence-corrected chi connectivity index (χ1v) is 6.25. The van der Waals surface area contributed by atoms with Gasteiger partial charge in [0, 0.05) is 32.3 Å². The fourth-order valence-corrected chi connectivity index (χ4v) is 1.76. The smallest absolute Gasteiger partial charge is 0.271 e. The second-order valence-electron chi connectivity index (χ2n) is 4.68. The van der Waals surface area contributed by atoms with Crippen LogP contribution in [0.1, 0.15) is 10.4 Å². The van der Waals surface area contributed by atoms with E-state index in [0.29, 0.717) is 13.1 Å². The second-order valence-corrected chi connectivity index (χ2v) is 5.08. The Morgan fingerprint density at radius 3 is 2.45 bits per heavy atom. The van der Waals surface area contributed by atoms with Crippen LogP contribution < -0.4 is 5.73 Å². The summed E-state index contributed by atoms with van der Waals surface area (Å²) in [6, 6.07) is 2.28. The molecule has 0 aliphatic rings. The van der Waals surface area contributed by atoms with Gasteiger partial charge in [0.15, 0.2) is 0 Å². The number of hydrogen-bond donors (Lipinski definition) is 1. The Morgan fingerprint density at radius 1 is 1.35 bits per heavy atom. The number of anilines is 1. The molecule has 0 aliphatic carbocycles. The number of nitro groups is 1. The van der Waals surface area contributed by atoms with Gasteiger partial charge >= 0.3 is 0 Å². The molecule has 0 fully saturated rings. The van der Waals surface area contributed by atoms with E-state index in [9.17, 15) is 14.9 Å². The van der Waals surface area contributed by atoms with Crippen LogP contribution in [0.25, 0.3) is 0 Å². The average Bonchev–Trinajstić information content (AvgIpc) is 2.37. The standard InChI is InChI=1S/C12H17ClN4O3/c1-15(2)4-5-16(3)12(18)9-6-8(17(19)20)7-10(13)11(9)14/h6-7H,4-5,14H2,1-3H3. The number of benzene rings is 1. The molecule has 8 heteroatoms. The number of nitrogens with zero attached hydrogens (tertiary/aromatic N) is 3. The Morgan fingerprint density at radius 2 is 1.95 bits per heavy atom. The van der Waals surface area contributed by atoms with Gasteiger partial charge in [0.1, 0.15) is 0 Å². The quantitative estimate of drug-likeness (QED) is 0.505. The number of non-ortho nitro benzene ring substituents is 1. The summed E-state index contributed by atoms with van der Waals surface area (Å²) >= 11 is 5.83. The Bertz CT molecular complexity index is 534. The van der Waals surface area contributed by atoms with E-state index >= 15 is 0 Å². The number of nitrogen functional groups attached to an aromatic ring is 1. The monoisotopic (exact) mass is 300 g/mol. The number of carbonyl (C=O) groups excluding carboxylic acids is 1. The van der Waals surface area contributed by atoms with Crippen molar-refractivity contribution in [2.75, 3.05) is 40.0 Å². The van der Waals surface area contributed by atoms with Crippen molar-refractivity contribution in [3.8, 4) is 0 Å². The zero-order chi connectivity index (χ0) is 15.4. The molecule has 1 amide bonds. The van der Waals surface area contributed by atoms with Crippen molar-refractivity contribution in [1.82, 2.24) is 9.80 Å². The van der Waals surface area contributed by atoms with Crippen molar-refractivity contribution in [2.24, 2.45) is 0 Å². The van der Waals surface area contributed by atoms with Crippen LogP contribution in [-0.4, -0.2) is 54.9 Å². The molecule has 0 bridgehead atoms. The van der Waals surface area contributed by atoms with Crippen LogP contribution in [0.2, 0.25) is 5.02 Å². The van der Waals surface area contributed by atoms with Gasteiger partial charge in [-0.25, -0.2) is 0 Å². The first-order chi connectivity index (χ1) is 9.23. The molecule has 2 N–H and O–H groups in total. The predicted molar refractivity (Wildman–Crippen MR) is 78.0 cm³/mol. The molecule has 20 heavy (non-hydrogen) atoms. The van der Waals surface area contributed by atoms with E-state index in [1.165, 1.54) is 4.90 Å². The van der Waals surface area contributed by atoms with E-state index in [1.54, 1.807) is 7.05 Å². The highest BCUT2D eigenvalue weighted by Crippen LogP contribution is 2.29. The third kappa shape index (κ3) is 3.82. The maximum absolute atomic E-state index is 12.3. The largest absolute Gasteiger partial charge is 0.397 e. The zero-order valence-corrected chi connectivity index (χ0v) is 12.3. The van der Waals surface area contributed by atoms with Gasteiger partial charge in [-0.2, -0.15) is 0 Å². The van der Waals surface area contributed by atoms with Gasteiger partial charge in [0.25, 0.3) is 11.6 Å². The van der Waals surface area contributed by atoms with Crippen LogP contribution in [0, 0.1) is 10.1 Å². The molecule has 0 aromatic heterocycles. The van der Waals surface area contributed by atoms with Gasteiger partial charge in [-0.15, -0.1) is 0 Å². The van der Waals surface area contributed by atoms with Gasteiger partial charge in [0.05, 0.1) is 21.2 Å². The number of halogens is 1. The fraction of sp³-hybridized carbons (Fsp3) is 0.417. The Hall–Kier alpha value is -1.86.